The number of anilines is 2. The van der Waals surface area contributed by atoms with Crippen LogP contribution in [0.4, 0.5) is 15.9 Å². The molecule has 5 rings (SSSR count). The number of piperazine rings is 1. The molecule has 1 amide bonds. The summed E-state index contributed by atoms with van der Waals surface area (Å²) in [5.41, 5.74) is 2.71. The number of nitrogens with one attached hydrogen (secondary N) is 1. The molecule has 186 valence electrons. The summed E-state index contributed by atoms with van der Waals surface area (Å²) in [6, 6.07) is 12.6. The van der Waals surface area contributed by atoms with E-state index in [1.54, 1.807) is 18.2 Å². The smallest absolute Gasteiger partial charge is 0.319 e. The number of aryl methyl sites for hydroxylation is 1. The highest BCUT2D eigenvalue weighted by molar-refractivity contribution is 5.94. The third-order valence-corrected chi connectivity index (χ3v) is 6.68. The number of amides is 1. The molecule has 1 aromatic carbocycles. The lowest BCUT2D eigenvalue weighted by atomic mass is 10.1. The lowest BCUT2D eigenvalue weighted by molar-refractivity contribution is -0.118. The maximum absolute atomic E-state index is 14.6. The summed E-state index contributed by atoms with van der Waals surface area (Å²) in [4.78, 5) is 26.2. The number of hydrogen-bond acceptors (Lipinski definition) is 7. The number of rotatable bonds is 6. The molecule has 9 nitrogen and oxygen atoms in total. The first-order valence-corrected chi connectivity index (χ1v) is 12.1. The summed E-state index contributed by atoms with van der Waals surface area (Å²) in [7, 11) is 1.94. The van der Waals surface area contributed by atoms with E-state index in [9.17, 15) is 14.4 Å². The predicted octanol–water partition coefficient (Wildman–Crippen LogP) is 2.70. The van der Waals surface area contributed by atoms with Crippen molar-refractivity contribution in [2.24, 2.45) is 7.05 Å². The third-order valence-electron chi connectivity index (χ3n) is 6.68. The van der Waals surface area contributed by atoms with E-state index in [-0.39, 0.29) is 43.2 Å². The monoisotopic (exact) mass is 489 g/mol. The van der Waals surface area contributed by atoms with Crippen LogP contribution >= 0.6 is 0 Å². The molecule has 36 heavy (non-hydrogen) atoms. The van der Waals surface area contributed by atoms with Gasteiger partial charge in [0.05, 0.1) is 36.1 Å². The first-order valence-electron chi connectivity index (χ1n) is 12.1. The van der Waals surface area contributed by atoms with Crippen molar-refractivity contribution >= 4 is 17.4 Å². The molecule has 1 unspecified atom stereocenters. The maximum Gasteiger partial charge on any atom is 0.319 e. The Hall–Kier alpha value is -3.97. The van der Waals surface area contributed by atoms with Gasteiger partial charge in [-0.25, -0.2) is 4.39 Å². The van der Waals surface area contributed by atoms with Crippen molar-refractivity contribution in [2.75, 3.05) is 29.4 Å². The summed E-state index contributed by atoms with van der Waals surface area (Å²) in [6.45, 7) is 2.44. The van der Waals surface area contributed by atoms with E-state index in [4.69, 9.17) is 14.7 Å². The molecule has 2 aliphatic rings. The van der Waals surface area contributed by atoms with E-state index in [1.807, 2.05) is 29.9 Å². The number of carbonyl (C=O) groups is 1. The van der Waals surface area contributed by atoms with Crippen LogP contribution in [0.2, 0.25) is 0 Å². The van der Waals surface area contributed by atoms with Crippen molar-refractivity contribution in [1.82, 2.24) is 19.9 Å². The van der Waals surface area contributed by atoms with Crippen molar-refractivity contribution in [3.63, 3.8) is 0 Å². The molecule has 3 aromatic rings. The van der Waals surface area contributed by atoms with Crippen LogP contribution < -0.4 is 19.9 Å². The van der Waals surface area contributed by atoms with Crippen LogP contribution in [0.15, 0.2) is 42.6 Å². The van der Waals surface area contributed by atoms with Crippen LogP contribution in [-0.2, 0) is 31.4 Å². The Balaban J connectivity index is 1.52. The molecule has 1 fully saturated rings. The van der Waals surface area contributed by atoms with Crippen molar-refractivity contribution in [2.45, 2.75) is 38.5 Å². The van der Waals surface area contributed by atoms with Gasteiger partial charge in [-0.1, -0.05) is 12.1 Å². The number of nitriles is 1. The Morgan fingerprint density at radius 2 is 2.08 bits per heavy atom. The fourth-order valence-electron chi connectivity index (χ4n) is 4.75. The fraction of sp³-hybridized carbons (Fsp3) is 0.385. The minimum Gasteiger partial charge on any atom is -0.457 e. The average Bonchev–Trinajstić information content (AvgIpc) is 3.22. The summed E-state index contributed by atoms with van der Waals surface area (Å²) >= 11 is 0. The van der Waals surface area contributed by atoms with Gasteiger partial charge in [0.25, 0.3) is 0 Å². The van der Waals surface area contributed by atoms with Crippen molar-refractivity contribution in [1.29, 1.82) is 5.26 Å². The molecular weight excluding hydrogens is 461 g/mol. The number of halogens is 1. The van der Waals surface area contributed by atoms with Crippen LogP contribution in [0, 0.1) is 17.1 Å². The first kappa shape index (κ1) is 23.8. The van der Waals surface area contributed by atoms with Gasteiger partial charge in [0.1, 0.15) is 18.2 Å². The van der Waals surface area contributed by atoms with E-state index in [0.29, 0.717) is 38.2 Å². The first-order chi connectivity index (χ1) is 17.5. The maximum atomic E-state index is 14.6. The van der Waals surface area contributed by atoms with Gasteiger partial charge in [0.15, 0.2) is 0 Å². The minimum atomic E-state index is -0.454. The molecule has 1 atom stereocenters. The van der Waals surface area contributed by atoms with E-state index in [2.05, 4.69) is 16.3 Å². The molecule has 0 spiro atoms. The van der Waals surface area contributed by atoms with Gasteiger partial charge in [-0.3, -0.25) is 4.79 Å². The Labute approximate surface area is 209 Å². The highest BCUT2D eigenvalue weighted by Gasteiger charge is 2.31. The third kappa shape index (κ3) is 4.88. The van der Waals surface area contributed by atoms with Gasteiger partial charge in [-0.2, -0.15) is 15.2 Å². The average molecular weight is 490 g/mol. The summed E-state index contributed by atoms with van der Waals surface area (Å²) in [5.74, 6) is 0.0951. The largest absolute Gasteiger partial charge is 0.457 e. The Kier molecular flexibility index (Phi) is 6.82. The lowest BCUT2D eigenvalue weighted by Crippen LogP contribution is -2.51. The zero-order chi connectivity index (χ0) is 25.1. The molecule has 10 heteroatoms. The van der Waals surface area contributed by atoms with E-state index in [0.717, 1.165) is 17.1 Å². The van der Waals surface area contributed by atoms with Crippen LogP contribution in [0.3, 0.4) is 0 Å². The lowest BCUT2D eigenvalue weighted by Gasteiger charge is -2.35. The summed E-state index contributed by atoms with van der Waals surface area (Å²) < 4.78 is 22.6. The van der Waals surface area contributed by atoms with Crippen LogP contribution in [0.5, 0.6) is 6.01 Å². The minimum absolute atomic E-state index is 0.0180. The number of ether oxygens (including phenoxy) is 1. The predicted molar refractivity (Wildman–Crippen MR) is 132 cm³/mol. The number of aromatic nitrogens is 3. The summed E-state index contributed by atoms with van der Waals surface area (Å²) in [5, 5.41) is 12.6. The molecule has 1 N–H and O–H groups in total. The SMILES string of the molecule is Cn1cccc1COc1nc2c(c(N3CCNC(CC#N)C3)n1)CCC(=O)N(c1ccccc1F)C2. The van der Waals surface area contributed by atoms with Gasteiger partial charge in [0, 0.05) is 50.9 Å². The molecular formula is C26H28FN7O2. The van der Waals surface area contributed by atoms with Gasteiger partial charge in [-0.15, -0.1) is 0 Å². The summed E-state index contributed by atoms with van der Waals surface area (Å²) in [6.07, 6.45) is 2.99. The zero-order valence-corrected chi connectivity index (χ0v) is 20.2. The topological polar surface area (TPSA) is 99.3 Å². The van der Waals surface area contributed by atoms with Crippen LogP contribution in [0.25, 0.3) is 0 Å². The fourth-order valence-corrected chi connectivity index (χ4v) is 4.75. The van der Waals surface area contributed by atoms with Gasteiger partial charge >= 0.3 is 6.01 Å². The van der Waals surface area contributed by atoms with E-state index < -0.39 is 5.82 Å². The number of hydrogen-bond donors (Lipinski definition) is 1. The highest BCUT2D eigenvalue weighted by Crippen LogP contribution is 2.32. The van der Waals surface area contributed by atoms with Gasteiger partial charge in [0.2, 0.25) is 5.91 Å². The van der Waals surface area contributed by atoms with Gasteiger partial charge < -0.3 is 24.4 Å². The highest BCUT2D eigenvalue weighted by atomic mass is 19.1. The van der Waals surface area contributed by atoms with E-state index >= 15 is 0 Å². The second-order valence-electron chi connectivity index (χ2n) is 9.04. The van der Waals surface area contributed by atoms with Crippen molar-refractivity contribution in [3.8, 4) is 12.1 Å². The molecule has 1 saturated heterocycles. The second kappa shape index (κ2) is 10.3. The van der Waals surface area contributed by atoms with Crippen LogP contribution in [-0.4, -0.2) is 46.1 Å². The molecule has 2 aliphatic heterocycles. The molecule has 0 saturated carbocycles. The number of carbonyl (C=O) groups excluding carboxylic acids is 1. The Morgan fingerprint density at radius 1 is 1.22 bits per heavy atom. The number of benzene rings is 1. The molecule has 0 aliphatic carbocycles. The van der Waals surface area contributed by atoms with Crippen molar-refractivity contribution in [3.05, 3.63) is 65.4 Å². The standard InChI is InChI=1S/C26H28FN7O2/c1-32-13-4-5-19(32)17-36-26-30-22-16-34(23-7-3-2-6-21(23)27)24(35)9-8-20(22)25(31-26)33-14-12-29-18(15-33)10-11-28/h2-7,13,18,29H,8-10,12,14-17H2,1H3. The number of fused-ring (bicyclic) bond motifs is 1. The zero-order valence-electron chi connectivity index (χ0n) is 20.2. The quantitative estimate of drug-likeness (QED) is 0.568. The number of para-hydroxylation sites is 1. The molecule has 2 aromatic heterocycles. The Morgan fingerprint density at radius 3 is 2.86 bits per heavy atom. The molecule has 0 radical (unpaired) electrons. The normalized spacial score (nSPS) is 17.9. The van der Waals surface area contributed by atoms with Gasteiger partial charge in [-0.05, 0) is 30.7 Å². The number of nitrogens with zero attached hydrogens (tertiary/aromatic N) is 6. The van der Waals surface area contributed by atoms with Crippen LogP contribution in [0.1, 0.15) is 29.8 Å². The second-order valence-corrected chi connectivity index (χ2v) is 9.04. The van der Waals surface area contributed by atoms with E-state index in [1.165, 1.54) is 11.0 Å². The molecule has 4 heterocycles. The Bertz CT molecular complexity index is 1300. The van der Waals surface area contributed by atoms with Crippen molar-refractivity contribution < 1.29 is 13.9 Å². The molecule has 0 bridgehead atoms.